The van der Waals surface area contributed by atoms with Gasteiger partial charge in [0.1, 0.15) is 6.29 Å². The second-order valence-electron chi connectivity index (χ2n) is 2.39. The summed E-state index contributed by atoms with van der Waals surface area (Å²) >= 11 is 0. The van der Waals surface area contributed by atoms with Crippen LogP contribution in [0.2, 0.25) is 0 Å². The van der Waals surface area contributed by atoms with Crippen molar-refractivity contribution in [3.05, 3.63) is 35.4 Å². The minimum Gasteiger partial charge on any atom is -0.304 e. The molecule has 1 aromatic rings. The molecule has 1 rings (SSSR count). The van der Waals surface area contributed by atoms with Crippen molar-refractivity contribution in [2.75, 3.05) is 0 Å². The summed E-state index contributed by atoms with van der Waals surface area (Å²) < 4.78 is 0. The highest BCUT2D eigenvalue weighted by Gasteiger charge is 1.79. The van der Waals surface area contributed by atoms with Crippen molar-refractivity contribution in [2.24, 2.45) is 0 Å². The van der Waals surface area contributed by atoms with Gasteiger partial charge < -0.3 is 4.79 Å². The van der Waals surface area contributed by atoms with E-state index >= 15 is 0 Å². The van der Waals surface area contributed by atoms with E-state index in [2.05, 4.69) is 38.1 Å². The molecule has 0 unspecified atom stereocenters. The van der Waals surface area contributed by atoms with Crippen molar-refractivity contribution < 1.29 is 4.79 Å². The molecule has 0 N–H and O–H groups in total. The predicted molar refractivity (Wildman–Crippen MR) is 47.7 cm³/mol. The van der Waals surface area contributed by atoms with E-state index in [0.717, 1.165) is 6.29 Å². The molecule has 1 aromatic carbocycles. The van der Waals surface area contributed by atoms with E-state index in [1.807, 2.05) is 0 Å². The van der Waals surface area contributed by atoms with E-state index in [-0.39, 0.29) is 0 Å². The summed E-state index contributed by atoms with van der Waals surface area (Å²) in [5.41, 5.74) is 2.66. The molecule has 0 fully saturated rings. The summed E-state index contributed by atoms with van der Waals surface area (Å²) in [6, 6.07) is 8.48. The van der Waals surface area contributed by atoms with Crippen LogP contribution in [0.5, 0.6) is 0 Å². The fourth-order valence-corrected chi connectivity index (χ4v) is 0.637. The zero-order valence-electron chi connectivity index (χ0n) is 7.29. The number of carbonyl (C=O) groups is 1. The molecule has 0 aliphatic carbocycles. The Morgan fingerprint density at radius 3 is 1.36 bits per heavy atom. The van der Waals surface area contributed by atoms with E-state index < -0.39 is 0 Å². The number of benzene rings is 1. The van der Waals surface area contributed by atoms with E-state index in [0.29, 0.717) is 0 Å². The Morgan fingerprint density at radius 1 is 1.00 bits per heavy atom. The van der Waals surface area contributed by atoms with Gasteiger partial charge in [0.15, 0.2) is 0 Å². The third-order valence-corrected chi connectivity index (χ3v) is 1.22. The molecule has 0 amide bonds. The molecule has 0 aliphatic rings. The minimum absolute atomic E-state index is 0.750. The molecule has 0 heterocycles. The van der Waals surface area contributed by atoms with Gasteiger partial charge in [0, 0.05) is 0 Å². The van der Waals surface area contributed by atoms with Gasteiger partial charge in [0.25, 0.3) is 0 Å². The first-order chi connectivity index (χ1) is 5.20. The molecule has 0 radical (unpaired) electrons. The summed E-state index contributed by atoms with van der Waals surface area (Å²) in [5.74, 6) is 0. The lowest BCUT2D eigenvalue weighted by Crippen LogP contribution is -1.70. The number of aldehydes is 1. The minimum atomic E-state index is 0.750. The Bertz CT molecular complexity index is 178. The van der Waals surface area contributed by atoms with Gasteiger partial charge in [-0.1, -0.05) is 35.4 Å². The lowest BCUT2D eigenvalue weighted by molar-refractivity contribution is -0.106. The second-order valence-corrected chi connectivity index (χ2v) is 2.39. The molecule has 1 heteroatoms. The van der Waals surface area contributed by atoms with Crippen LogP contribution in [-0.4, -0.2) is 6.29 Å². The average molecular weight is 150 g/mol. The maximum Gasteiger partial charge on any atom is 0.116 e. The van der Waals surface area contributed by atoms with Crippen molar-refractivity contribution in [1.82, 2.24) is 0 Å². The highest BCUT2D eigenvalue weighted by molar-refractivity contribution is 5.44. The fraction of sp³-hybridized carbons (Fsp3) is 0.300. The standard InChI is InChI=1S/C8H10.C2H4O/c1-7-3-5-8(2)6-4-7;1-2-3/h3-6H,1-2H3;2H,1H3. The van der Waals surface area contributed by atoms with Gasteiger partial charge in [0.05, 0.1) is 0 Å². The van der Waals surface area contributed by atoms with Crippen LogP contribution < -0.4 is 0 Å². The second kappa shape index (κ2) is 5.66. The summed E-state index contributed by atoms with van der Waals surface area (Å²) in [4.78, 5) is 8.81. The summed E-state index contributed by atoms with van der Waals surface area (Å²) in [6.07, 6.45) is 0.750. The molecule has 0 aromatic heterocycles. The van der Waals surface area contributed by atoms with Crippen LogP contribution in [0.1, 0.15) is 18.1 Å². The zero-order valence-corrected chi connectivity index (χ0v) is 7.29. The van der Waals surface area contributed by atoms with Gasteiger partial charge in [-0.05, 0) is 20.8 Å². The summed E-state index contributed by atoms with van der Waals surface area (Å²) in [5, 5.41) is 0. The van der Waals surface area contributed by atoms with Crippen LogP contribution in [0.25, 0.3) is 0 Å². The van der Waals surface area contributed by atoms with Crippen molar-refractivity contribution >= 4 is 6.29 Å². The smallest absolute Gasteiger partial charge is 0.116 e. The summed E-state index contributed by atoms with van der Waals surface area (Å²) in [6.45, 7) is 5.64. The maximum atomic E-state index is 8.81. The number of rotatable bonds is 0. The average Bonchev–Trinajstić information content (AvgIpc) is 1.97. The molecule has 0 spiro atoms. The van der Waals surface area contributed by atoms with E-state index in [9.17, 15) is 0 Å². The number of hydrogen-bond donors (Lipinski definition) is 0. The van der Waals surface area contributed by atoms with Crippen LogP contribution in [0.3, 0.4) is 0 Å². The number of carbonyl (C=O) groups excluding carboxylic acids is 1. The maximum absolute atomic E-state index is 8.81. The molecule has 0 atom stereocenters. The monoisotopic (exact) mass is 150 g/mol. The SMILES string of the molecule is CC=O.Cc1ccc(C)cc1. The number of aryl methyl sites for hydroxylation is 2. The van der Waals surface area contributed by atoms with E-state index in [1.165, 1.54) is 18.1 Å². The van der Waals surface area contributed by atoms with Crippen LogP contribution in [0.15, 0.2) is 24.3 Å². The fourth-order valence-electron chi connectivity index (χ4n) is 0.637. The van der Waals surface area contributed by atoms with Crippen molar-refractivity contribution in [2.45, 2.75) is 20.8 Å². The zero-order chi connectivity index (χ0) is 8.69. The first kappa shape index (κ1) is 9.89. The van der Waals surface area contributed by atoms with E-state index in [1.54, 1.807) is 0 Å². The van der Waals surface area contributed by atoms with Crippen LogP contribution in [0.4, 0.5) is 0 Å². The van der Waals surface area contributed by atoms with Crippen molar-refractivity contribution in [3.63, 3.8) is 0 Å². The first-order valence-corrected chi connectivity index (χ1v) is 3.63. The number of hydrogen-bond acceptors (Lipinski definition) is 1. The highest BCUT2D eigenvalue weighted by atomic mass is 16.1. The summed E-state index contributed by atoms with van der Waals surface area (Å²) in [7, 11) is 0. The van der Waals surface area contributed by atoms with Gasteiger partial charge in [-0.3, -0.25) is 0 Å². The lowest BCUT2D eigenvalue weighted by atomic mass is 10.2. The Kier molecular flexibility index (Phi) is 5.09. The lowest BCUT2D eigenvalue weighted by Gasteiger charge is -1.90. The van der Waals surface area contributed by atoms with Gasteiger partial charge >= 0.3 is 0 Å². The topological polar surface area (TPSA) is 17.1 Å². The van der Waals surface area contributed by atoms with Crippen molar-refractivity contribution in [3.8, 4) is 0 Å². The molecular weight excluding hydrogens is 136 g/mol. The molecular formula is C10H14O. The van der Waals surface area contributed by atoms with Crippen molar-refractivity contribution in [1.29, 1.82) is 0 Å². The molecule has 0 aliphatic heterocycles. The molecule has 60 valence electrons. The van der Waals surface area contributed by atoms with Gasteiger partial charge in [-0.15, -0.1) is 0 Å². The molecule has 1 nitrogen and oxygen atoms in total. The van der Waals surface area contributed by atoms with Gasteiger partial charge in [0.2, 0.25) is 0 Å². The Balaban J connectivity index is 0.000000292. The molecule has 0 bridgehead atoms. The third-order valence-electron chi connectivity index (χ3n) is 1.22. The van der Waals surface area contributed by atoms with Gasteiger partial charge in [-0.2, -0.15) is 0 Å². The molecule has 0 saturated carbocycles. The van der Waals surface area contributed by atoms with E-state index in [4.69, 9.17) is 4.79 Å². The third kappa shape index (κ3) is 5.34. The predicted octanol–water partition coefficient (Wildman–Crippen LogP) is 2.51. The van der Waals surface area contributed by atoms with Gasteiger partial charge in [-0.25, -0.2) is 0 Å². The Morgan fingerprint density at radius 2 is 1.18 bits per heavy atom. The quantitative estimate of drug-likeness (QED) is 0.519. The largest absolute Gasteiger partial charge is 0.304 e. The molecule has 0 saturated heterocycles. The van der Waals surface area contributed by atoms with Crippen LogP contribution in [0, 0.1) is 13.8 Å². The first-order valence-electron chi connectivity index (χ1n) is 3.63. The normalized spacial score (nSPS) is 7.91. The van der Waals surface area contributed by atoms with Crippen LogP contribution >= 0.6 is 0 Å². The highest BCUT2D eigenvalue weighted by Crippen LogP contribution is 1.99. The Hall–Kier alpha value is -1.11. The molecule has 11 heavy (non-hydrogen) atoms. The van der Waals surface area contributed by atoms with Crippen LogP contribution in [-0.2, 0) is 4.79 Å². The Labute approximate surface area is 68.1 Å².